The molecule has 4 aromatic heterocycles. The fraction of sp³-hybridized carbons (Fsp3) is 0.226. The van der Waals surface area contributed by atoms with E-state index in [-0.39, 0.29) is 68.4 Å². The van der Waals surface area contributed by atoms with Gasteiger partial charge < -0.3 is 32.9 Å². The van der Waals surface area contributed by atoms with Gasteiger partial charge in [-0.15, -0.1) is 114 Å². The molecular formula is C84H73Br2Cl7F7N9O18S2. The fourth-order valence-corrected chi connectivity index (χ4v) is 14.4. The van der Waals surface area contributed by atoms with Gasteiger partial charge in [0.15, 0.2) is 23.0 Å². The van der Waals surface area contributed by atoms with Crippen molar-refractivity contribution >= 4 is 175 Å². The number of phenolic OH excluding ortho intramolecular Hbond substituents is 1. The Balaban J connectivity index is 0.000000258. The molecule has 0 amide bonds. The molecule has 0 fully saturated rings. The van der Waals surface area contributed by atoms with Gasteiger partial charge in [-0.3, -0.25) is 50.6 Å². The van der Waals surface area contributed by atoms with Crippen LogP contribution < -0.4 is 24.6 Å². The molecule has 27 nitrogen and oxygen atoms in total. The lowest BCUT2D eigenvalue weighted by atomic mass is 10.1. The summed E-state index contributed by atoms with van der Waals surface area (Å²) in [5.74, 6) is 3.60. The number of hydrogen-bond donors (Lipinski definition) is 1. The summed E-state index contributed by atoms with van der Waals surface area (Å²) in [5, 5.41) is 76.3. The third-order valence-electron chi connectivity index (χ3n) is 17.1. The maximum atomic E-state index is 13.1. The Bertz CT molecular complexity index is 5920. The average Bonchev–Trinajstić information content (AvgIpc) is 1.81. The van der Waals surface area contributed by atoms with Gasteiger partial charge in [0.25, 0.3) is 28.4 Å². The third-order valence-corrected chi connectivity index (χ3v) is 22.2. The second kappa shape index (κ2) is 53.3. The van der Waals surface area contributed by atoms with Crippen LogP contribution in [0.2, 0.25) is 0 Å². The number of methoxy groups -OCH3 is 4. The molecule has 13 aromatic rings. The predicted octanol–water partition coefficient (Wildman–Crippen LogP) is 27.2. The fourth-order valence-electron chi connectivity index (χ4n) is 10.6. The highest BCUT2D eigenvalue weighted by molar-refractivity contribution is 9.08. The van der Waals surface area contributed by atoms with Crippen LogP contribution in [0.15, 0.2) is 194 Å². The SMILES string of the molecule is COc1cc(CBr)c([N+](=O)[O-])cc1OC.COc1cc(F)c(CCl)cc1OC.Cc1c(CCl)cccc1[N+](=O)[O-].Cc1cc(-c2nnc(CCl)o2)ccc1[N+](=O)[O-].Cc1cc(CBr)ccc1[N+](=O)[O-].Cc1ccc([N+](=O)[O-])c(CCl)c1.FC(F)(F)c1ccc(-c2csc(CCl)n2)cc1.FC(F)(F)c1ccc(-c2nc(CCl)cs2)cc1.O=c1cc(CCl)c2ccc(O)cc2o1. The Morgan fingerprint density at radius 1 is 0.457 bits per heavy atom. The molecule has 1 N–H and O–H groups in total. The largest absolute Gasteiger partial charge is 0.508 e. The summed E-state index contributed by atoms with van der Waals surface area (Å²) in [6.45, 7) is 6.97. The third kappa shape index (κ3) is 33.2. The highest BCUT2D eigenvalue weighted by Gasteiger charge is 2.31. The minimum atomic E-state index is -4.30. The molecule has 0 saturated carbocycles. The van der Waals surface area contributed by atoms with Crippen LogP contribution in [-0.2, 0) is 64.2 Å². The van der Waals surface area contributed by atoms with E-state index in [9.17, 15) is 91.2 Å². The van der Waals surface area contributed by atoms with Crippen LogP contribution in [0.5, 0.6) is 28.7 Å². The standard InChI is InChI=1S/2C11H7ClF3NS.C10H8ClN3O3.C10H7ClO3.C9H10BrNO4.C9H10ClFO2.C8H8BrNO2.2C8H8ClNO2/c12-5-10-16-9(6-17-10)7-1-3-8(4-2-7)11(13,14)15;12-5-9-6-17-10(16-9)7-1-3-8(4-2-7)11(13,14)15;1-6-4-7(2-3-8(6)14(15)16)10-13-12-9(5-11)17-10;11-5-6-3-10(13)14-9-4-7(12)1-2-8(6)9;1-14-8-3-6(5-10)7(11(12)13)4-9(8)15-2;1-12-8-3-6(5-10)7(11)4-9(8)13-2;1-6-4-7(5-9)2-3-8(6)10(11)12;1-6-2-3-8(10(11)12)7(4-6)5-9;1-6-7(5-9)3-2-4-8(6)10(11)12/h2*1-4,6H,5H2;2-4H,5H2,1H3;1-4,12H,5H2;3-4H,5H2,1-2H3;3-4H,5H2,1-2H3;3*2-4H,5H2,1H3. The molecular weight excluding hydrogens is 2030 g/mol. The number of ether oxygens (including phenoxy) is 4. The van der Waals surface area contributed by atoms with Crippen molar-refractivity contribution in [2.45, 2.75) is 91.9 Å². The maximum absolute atomic E-state index is 13.1. The van der Waals surface area contributed by atoms with Crippen molar-refractivity contribution in [2.75, 3.05) is 28.4 Å². The molecule has 0 saturated heterocycles. The van der Waals surface area contributed by atoms with Crippen LogP contribution in [0.4, 0.5) is 59.2 Å². The van der Waals surface area contributed by atoms with Crippen molar-refractivity contribution in [3.63, 3.8) is 0 Å². The van der Waals surface area contributed by atoms with Gasteiger partial charge in [-0.2, -0.15) is 26.3 Å². The average molecular weight is 2100 g/mol. The maximum Gasteiger partial charge on any atom is 0.416 e. The van der Waals surface area contributed by atoms with E-state index in [0.29, 0.717) is 130 Å². The zero-order valence-electron chi connectivity index (χ0n) is 68.5. The summed E-state index contributed by atoms with van der Waals surface area (Å²) >= 11 is 48.3. The summed E-state index contributed by atoms with van der Waals surface area (Å²) in [6, 6.07) is 41.1. The number of alkyl halides is 15. The van der Waals surface area contributed by atoms with Crippen molar-refractivity contribution in [1.82, 2.24) is 20.2 Å². The van der Waals surface area contributed by atoms with Crippen LogP contribution in [-0.4, -0.2) is 78.3 Å². The van der Waals surface area contributed by atoms with E-state index in [1.165, 1.54) is 136 Å². The first kappa shape index (κ1) is 109. The summed E-state index contributed by atoms with van der Waals surface area (Å²) < 4.78 is 117. The summed E-state index contributed by atoms with van der Waals surface area (Å²) in [5.41, 5.74) is 9.38. The molecule has 13 rings (SSSR count). The Hall–Kier alpha value is -10.9. The minimum absolute atomic E-state index is 0.0181. The Labute approximate surface area is 790 Å². The summed E-state index contributed by atoms with van der Waals surface area (Å²) in [4.78, 5) is 70.1. The number of nitro benzene ring substituents is 5. The molecule has 0 spiro atoms. The zero-order valence-corrected chi connectivity index (χ0v) is 78.6. The van der Waals surface area contributed by atoms with Gasteiger partial charge in [0, 0.05) is 131 Å². The Kier molecular flexibility index (Phi) is 44.9. The van der Waals surface area contributed by atoms with Crippen molar-refractivity contribution in [3.8, 4) is 62.0 Å². The molecule has 0 aliphatic heterocycles. The molecule has 686 valence electrons. The number of aryl methyl sites for hydroxylation is 3. The van der Waals surface area contributed by atoms with Gasteiger partial charge in [-0.05, 0) is 117 Å². The Morgan fingerprint density at radius 2 is 0.969 bits per heavy atom. The second-order valence-electron chi connectivity index (χ2n) is 25.6. The van der Waals surface area contributed by atoms with Gasteiger partial charge in [0.2, 0.25) is 11.8 Å². The van der Waals surface area contributed by atoms with Crippen molar-refractivity contribution in [2.24, 2.45) is 0 Å². The van der Waals surface area contributed by atoms with Crippen LogP contribution in [0, 0.1) is 84.1 Å². The molecule has 0 atom stereocenters. The number of fused-ring (bicyclic) bond motifs is 1. The lowest BCUT2D eigenvalue weighted by Gasteiger charge is -2.09. The van der Waals surface area contributed by atoms with Crippen molar-refractivity contribution in [3.05, 3.63) is 331 Å². The molecule has 0 unspecified atom stereocenters. The van der Waals surface area contributed by atoms with Crippen LogP contribution in [0.1, 0.15) is 83.4 Å². The number of phenols is 1. The minimum Gasteiger partial charge on any atom is -0.508 e. The lowest BCUT2D eigenvalue weighted by Crippen LogP contribution is -2.03. The zero-order chi connectivity index (χ0) is 96.2. The van der Waals surface area contributed by atoms with Crippen LogP contribution >= 0.6 is 136 Å². The highest BCUT2D eigenvalue weighted by Crippen LogP contribution is 2.38. The van der Waals surface area contributed by atoms with Crippen LogP contribution in [0.3, 0.4) is 0 Å². The van der Waals surface area contributed by atoms with Crippen molar-refractivity contribution < 1.29 is 88.2 Å². The molecule has 129 heavy (non-hydrogen) atoms. The number of benzene rings is 9. The second-order valence-corrected chi connectivity index (χ2v) is 30.4. The van der Waals surface area contributed by atoms with E-state index in [1.807, 2.05) is 13.0 Å². The molecule has 0 aliphatic carbocycles. The Morgan fingerprint density at radius 3 is 1.43 bits per heavy atom. The quantitative estimate of drug-likeness (QED) is 0.0229. The first-order chi connectivity index (χ1) is 61.1. The number of nitrogens with zero attached hydrogens (tertiary/aromatic N) is 9. The smallest absolute Gasteiger partial charge is 0.416 e. The first-order valence-corrected chi connectivity index (χ1v) is 44.0. The van der Waals surface area contributed by atoms with Crippen LogP contribution in [0.25, 0.3) is 44.3 Å². The van der Waals surface area contributed by atoms with Crippen molar-refractivity contribution in [1.29, 1.82) is 0 Å². The molecule has 0 aliphatic rings. The number of aromatic nitrogens is 4. The van der Waals surface area contributed by atoms with E-state index in [0.717, 1.165) is 62.4 Å². The number of hydrogen-bond acceptors (Lipinski definition) is 24. The first-order valence-electron chi connectivity index (χ1n) is 36.3. The summed E-state index contributed by atoms with van der Waals surface area (Å²) in [6.07, 6.45) is -8.61. The highest BCUT2D eigenvalue weighted by atomic mass is 79.9. The van der Waals surface area contributed by atoms with E-state index < -0.39 is 48.8 Å². The summed E-state index contributed by atoms with van der Waals surface area (Å²) in [7, 11) is 5.88. The number of halogens is 16. The molecule has 0 radical (unpaired) electrons. The number of nitro groups is 5. The van der Waals surface area contributed by atoms with Gasteiger partial charge >= 0.3 is 18.0 Å². The lowest BCUT2D eigenvalue weighted by molar-refractivity contribution is -0.385. The van der Waals surface area contributed by atoms with E-state index in [4.69, 9.17) is 109 Å². The van der Waals surface area contributed by atoms with E-state index in [2.05, 4.69) is 52.0 Å². The molecule has 45 heteroatoms. The molecule has 4 heterocycles. The monoisotopic (exact) mass is 2100 g/mol. The predicted molar refractivity (Wildman–Crippen MR) is 492 cm³/mol. The van der Waals surface area contributed by atoms with Gasteiger partial charge in [-0.1, -0.05) is 86.0 Å². The van der Waals surface area contributed by atoms with Gasteiger partial charge in [0.1, 0.15) is 33.0 Å². The van der Waals surface area contributed by atoms with Gasteiger partial charge in [-0.25, -0.2) is 19.2 Å². The van der Waals surface area contributed by atoms with E-state index in [1.54, 1.807) is 86.1 Å². The number of thiazole rings is 2. The van der Waals surface area contributed by atoms with E-state index >= 15 is 0 Å². The molecule has 9 aromatic carbocycles. The molecule has 0 bridgehead atoms. The van der Waals surface area contributed by atoms with Gasteiger partial charge in [0.05, 0.1) is 105 Å². The topological polar surface area (TPSA) is 368 Å². The number of aromatic hydroxyl groups is 1. The normalized spacial score (nSPS) is 10.5. The number of rotatable bonds is 21.